The van der Waals surface area contributed by atoms with Crippen LogP contribution in [0.25, 0.3) is 0 Å². The molecular formula is C19H20F2N2O3. The van der Waals surface area contributed by atoms with Gasteiger partial charge in [0.25, 0.3) is 5.91 Å². The lowest BCUT2D eigenvalue weighted by atomic mass is 9.92. The largest absolute Gasteiger partial charge is 0.490 e. The van der Waals surface area contributed by atoms with Crippen LogP contribution in [0.4, 0.5) is 8.78 Å². The number of rotatable bonds is 4. The lowest BCUT2D eigenvalue weighted by molar-refractivity contribution is 0.0893. The van der Waals surface area contributed by atoms with Crippen molar-refractivity contribution in [3.63, 3.8) is 0 Å². The van der Waals surface area contributed by atoms with E-state index >= 15 is 0 Å². The molecule has 1 heterocycles. The molecule has 0 bridgehead atoms. The Morgan fingerprint density at radius 1 is 1.08 bits per heavy atom. The van der Waals surface area contributed by atoms with Gasteiger partial charge in [0.05, 0.1) is 6.10 Å². The summed E-state index contributed by atoms with van der Waals surface area (Å²) < 4.78 is 32.1. The molecule has 1 aliphatic rings. The van der Waals surface area contributed by atoms with Crippen molar-refractivity contribution in [1.29, 1.82) is 0 Å². The molecule has 0 radical (unpaired) electrons. The molecule has 0 saturated heterocycles. The standard InChI is InChI=1S/C19H20F2N2O3/c1-11-6-12(7-18(24)22-11)19(25)23-15-2-4-16(5-3-15)26-17-9-13(20)8-14(21)10-17/h6-10,15-16H,2-5H2,1H3,(H,22,24)(H,23,25). The van der Waals surface area contributed by atoms with E-state index < -0.39 is 11.6 Å². The van der Waals surface area contributed by atoms with Gasteiger partial charge in [0.2, 0.25) is 5.56 Å². The van der Waals surface area contributed by atoms with Gasteiger partial charge in [-0.3, -0.25) is 9.59 Å². The summed E-state index contributed by atoms with van der Waals surface area (Å²) in [5.74, 6) is -1.45. The van der Waals surface area contributed by atoms with Crippen molar-refractivity contribution in [2.75, 3.05) is 0 Å². The molecule has 2 aromatic rings. The second-order valence-electron chi connectivity index (χ2n) is 6.59. The number of pyridine rings is 1. The number of ether oxygens (including phenoxy) is 1. The Bertz CT molecular complexity index is 838. The highest BCUT2D eigenvalue weighted by Gasteiger charge is 2.24. The number of aryl methyl sites for hydroxylation is 1. The molecule has 1 aromatic heterocycles. The third-order valence-corrected chi connectivity index (χ3v) is 4.39. The average molecular weight is 362 g/mol. The zero-order valence-electron chi connectivity index (χ0n) is 14.4. The SMILES string of the molecule is Cc1cc(C(=O)NC2CCC(Oc3cc(F)cc(F)c3)CC2)cc(=O)[nH]1. The average Bonchev–Trinajstić information content (AvgIpc) is 2.55. The van der Waals surface area contributed by atoms with E-state index in [0.29, 0.717) is 36.9 Å². The van der Waals surface area contributed by atoms with Crippen LogP contribution in [-0.4, -0.2) is 23.0 Å². The molecule has 0 unspecified atom stereocenters. The lowest BCUT2D eigenvalue weighted by Gasteiger charge is -2.29. The van der Waals surface area contributed by atoms with Crippen molar-refractivity contribution < 1.29 is 18.3 Å². The highest BCUT2D eigenvalue weighted by Crippen LogP contribution is 2.25. The highest BCUT2D eigenvalue weighted by atomic mass is 19.1. The van der Waals surface area contributed by atoms with E-state index in [2.05, 4.69) is 10.3 Å². The summed E-state index contributed by atoms with van der Waals surface area (Å²) in [6.07, 6.45) is 2.56. The molecule has 0 atom stereocenters. The number of amides is 1. The first kappa shape index (κ1) is 18.1. The van der Waals surface area contributed by atoms with Crippen LogP contribution in [0.2, 0.25) is 0 Å². The molecule has 1 amide bonds. The maximum atomic E-state index is 13.2. The summed E-state index contributed by atoms with van der Waals surface area (Å²) in [6.45, 7) is 1.72. The van der Waals surface area contributed by atoms with Crippen LogP contribution < -0.4 is 15.6 Å². The third kappa shape index (κ3) is 4.68. The maximum absolute atomic E-state index is 13.2. The number of aromatic nitrogens is 1. The van der Waals surface area contributed by atoms with Gasteiger partial charge in [0.15, 0.2) is 0 Å². The first-order valence-electron chi connectivity index (χ1n) is 8.53. The van der Waals surface area contributed by atoms with Crippen LogP contribution in [0.5, 0.6) is 5.75 Å². The fourth-order valence-electron chi connectivity index (χ4n) is 3.20. The Morgan fingerprint density at radius 2 is 1.73 bits per heavy atom. The zero-order chi connectivity index (χ0) is 18.7. The van der Waals surface area contributed by atoms with Gasteiger partial charge < -0.3 is 15.0 Å². The second-order valence-corrected chi connectivity index (χ2v) is 6.59. The minimum absolute atomic E-state index is 0.0220. The fourth-order valence-corrected chi connectivity index (χ4v) is 3.20. The molecule has 2 N–H and O–H groups in total. The predicted molar refractivity (Wildman–Crippen MR) is 92.3 cm³/mol. The van der Waals surface area contributed by atoms with Crippen LogP contribution in [0.15, 0.2) is 35.1 Å². The summed E-state index contributed by atoms with van der Waals surface area (Å²) in [7, 11) is 0. The first-order chi connectivity index (χ1) is 12.4. The van der Waals surface area contributed by atoms with Gasteiger partial charge in [-0.25, -0.2) is 8.78 Å². The number of carbonyl (C=O) groups excluding carboxylic acids is 1. The molecule has 5 nitrogen and oxygen atoms in total. The van der Waals surface area contributed by atoms with Crippen molar-refractivity contribution in [2.24, 2.45) is 0 Å². The molecule has 0 spiro atoms. The van der Waals surface area contributed by atoms with Crippen LogP contribution in [0.1, 0.15) is 41.7 Å². The van der Waals surface area contributed by atoms with Gasteiger partial charge in [0.1, 0.15) is 17.4 Å². The molecule has 1 aromatic carbocycles. The Labute approximate surface area is 149 Å². The highest BCUT2D eigenvalue weighted by molar-refractivity contribution is 5.94. The van der Waals surface area contributed by atoms with Crippen LogP contribution in [0.3, 0.4) is 0 Å². The van der Waals surface area contributed by atoms with E-state index in [1.165, 1.54) is 6.07 Å². The molecule has 1 saturated carbocycles. The Balaban J connectivity index is 1.53. The molecule has 7 heteroatoms. The number of H-pyrrole nitrogens is 1. The van der Waals surface area contributed by atoms with Crippen LogP contribution in [0, 0.1) is 18.6 Å². The van der Waals surface area contributed by atoms with E-state index in [9.17, 15) is 18.4 Å². The summed E-state index contributed by atoms with van der Waals surface area (Å²) in [5.41, 5.74) is 0.650. The summed E-state index contributed by atoms with van der Waals surface area (Å²) in [4.78, 5) is 26.4. The van der Waals surface area contributed by atoms with E-state index in [0.717, 1.165) is 18.2 Å². The topological polar surface area (TPSA) is 71.2 Å². The van der Waals surface area contributed by atoms with E-state index in [1.807, 2.05) is 0 Å². The van der Waals surface area contributed by atoms with Crippen molar-refractivity contribution in [3.05, 3.63) is 63.6 Å². The number of benzene rings is 1. The minimum atomic E-state index is -0.672. The second kappa shape index (κ2) is 7.68. The van der Waals surface area contributed by atoms with Gasteiger partial charge in [-0.15, -0.1) is 0 Å². The maximum Gasteiger partial charge on any atom is 0.251 e. The number of aromatic amines is 1. The minimum Gasteiger partial charge on any atom is -0.490 e. The Hall–Kier alpha value is -2.70. The monoisotopic (exact) mass is 362 g/mol. The summed E-state index contributed by atoms with van der Waals surface area (Å²) >= 11 is 0. The molecule has 138 valence electrons. The number of halogens is 2. The Kier molecular flexibility index (Phi) is 5.35. The fraction of sp³-hybridized carbons (Fsp3) is 0.368. The molecule has 1 aliphatic carbocycles. The van der Waals surface area contributed by atoms with Gasteiger partial charge in [-0.2, -0.15) is 0 Å². The zero-order valence-corrected chi connectivity index (χ0v) is 14.4. The lowest BCUT2D eigenvalue weighted by Crippen LogP contribution is -2.40. The van der Waals surface area contributed by atoms with Crippen LogP contribution in [-0.2, 0) is 0 Å². The van der Waals surface area contributed by atoms with Crippen molar-refractivity contribution in [1.82, 2.24) is 10.3 Å². The normalized spacial score (nSPS) is 19.8. The molecule has 3 rings (SSSR count). The first-order valence-corrected chi connectivity index (χ1v) is 8.53. The van der Waals surface area contributed by atoms with Crippen molar-refractivity contribution in [3.8, 4) is 5.75 Å². The number of hydrogen-bond donors (Lipinski definition) is 2. The van der Waals surface area contributed by atoms with Gasteiger partial charge in [-0.05, 0) is 38.7 Å². The smallest absolute Gasteiger partial charge is 0.251 e. The van der Waals surface area contributed by atoms with Gasteiger partial charge >= 0.3 is 0 Å². The number of carbonyl (C=O) groups is 1. The van der Waals surface area contributed by atoms with Crippen molar-refractivity contribution >= 4 is 5.91 Å². The summed E-state index contributed by atoms with van der Waals surface area (Å²) in [5, 5.41) is 2.92. The molecule has 1 fully saturated rings. The van der Waals surface area contributed by atoms with Gasteiger partial charge in [-0.1, -0.05) is 0 Å². The molecule has 26 heavy (non-hydrogen) atoms. The van der Waals surface area contributed by atoms with E-state index in [1.54, 1.807) is 13.0 Å². The van der Waals surface area contributed by atoms with Crippen molar-refractivity contribution in [2.45, 2.75) is 44.8 Å². The third-order valence-electron chi connectivity index (χ3n) is 4.39. The van der Waals surface area contributed by atoms with Crippen LogP contribution >= 0.6 is 0 Å². The number of hydrogen-bond acceptors (Lipinski definition) is 3. The van der Waals surface area contributed by atoms with Gasteiger partial charge in [0, 0.05) is 41.6 Å². The quantitative estimate of drug-likeness (QED) is 0.878. The molecular weight excluding hydrogens is 342 g/mol. The van der Waals surface area contributed by atoms with E-state index in [4.69, 9.17) is 4.74 Å². The predicted octanol–water partition coefficient (Wildman–Crippen LogP) is 3.08. The summed E-state index contributed by atoms with van der Waals surface area (Å²) in [6, 6.07) is 6.00. The molecule has 0 aliphatic heterocycles. The van der Waals surface area contributed by atoms with E-state index in [-0.39, 0.29) is 29.4 Å². The Morgan fingerprint density at radius 3 is 2.35 bits per heavy atom. The number of nitrogens with one attached hydrogen (secondary N) is 2.